The smallest absolute Gasteiger partial charge is 0.252 e. The predicted molar refractivity (Wildman–Crippen MR) is 103 cm³/mol. The number of hydrogen-bond acceptors (Lipinski definition) is 5. The third-order valence-electron chi connectivity index (χ3n) is 5.00. The highest BCUT2D eigenvalue weighted by Crippen LogP contribution is 2.17. The van der Waals surface area contributed by atoms with Gasteiger partial charge in [-0.15, -0.1) is 0 Å². The molecule has 7 heteroatoms. The van der Waals surface area contributed by atoms with Gasteiger partial charge in [0.2, 0.25) is 5.88 Å². The van der Waals surface area contributed by atoms with Crippen LogP contribution in [0.15, 0.2) is 42.6 Å². The maximum Gasteiger partial charge on any atom is 0.252 e. The van der Waals surface area contributed by atoms with Crippen molar-refractivity contribution in [1.82, 2.24) is 15.2 Å². The summed E-state index contributed by atoms with van der Waals surface area (Å²) in [6.45, 7) is 2.54. The molecule has 1 amide bonds. The highest BCUT2D eigenvalue weighted by molar-refractivity contribution is 5.97. The summed E-state index contributed by atoms with van der Waals surface area (Å²) in [5.74, 6) is 0.360. The molecular weight excluding hydrogens is 361 g/mol. The molecule has 2 aromatic rings. The van der Waals surface area contributed by atoms with Crippen LogP contribution in [0.25, 0.3) is 0 Å². The zero-order valence-corrected chi connectivity index (χ0v) is 15.9. The molecule has 0 spiro atoms. The highest BCUT2D eigenvalue weighted by Gasteiger charge is 2.22. The summed E-state index contributed by atoms with van der Waals surface area (Å²) in [5.41, 5.74) is 1.03. The number of methoxy groups -OCH3 is 1. The highest BCUT2D eigenvalue weighted by atomic mass is 19.1. The molecule has 1 fully saturated rings. The lowest BCUT2D eigenvalue weighted by Crippen LogP contribution is -2.40. The van der Waals surface area contributed by atoms with Gasteiger partial charge in [0.25, 0.3) is 5.91 Å². The topological polar surface area (TPSA) is 71.5 Å². The zero-order valence-electron chi connectivity index (χ0n) is 15.9. The largest absolute Gasteiger partial charge is 0.481 e. The number of carbonyl (C=O) groups excluding carboxylic acids is 2. The van der Waals surface area contributed by atoms with Gasteiger partial charge in [-0.1, -0.05) is 0 Å². The van der Waals surface area contributed by atoms with E-state index in [1.165, 1.54) is 37.6 Å². The average molecular weight is 385 g/mol. The molecule has 0 unspecified atom stereocenters. The van der Waals surface area contributed by atoms with Crippen molar-refractivity contribution >= 4 is 11.7 Å². The van der Waals surface area contributed by atoms with E-state index in [1.54, 1.807) is 12.1 Å². The van der Waals surface area contributed by atoms with Crippen molar-refractivity contribution in [3.63, 3.8) is 0 Å². The monoisotopic (exact) mass is 385 g/mol. The van der Waals surface area contributed by atoms with E-state index in [0.29, 0.717) is 36.0 Å². The fraction of sp³-hybridized carbons (Fsp3) is 0.381. The molecular formula is C21H24FN3O3. The molecule has 0 aliphatic carbocycles. The first-order valence-electron chi connectivity index (χ1n) is 9.34. The van der Waals surface area contributed by atoms with Gasteiger partial charge in [-0.2, -0.15) is 0 Å². The van der Waals surface area contributed by atoms with Crippen LogP contribution >= 0.6 is 0 Å². The molecule has 0 radical (unpaired) electrons. The number of halogens is 1. The second kappa shape index (κ2) is 9.41. The number of nitrogens with zero attached hydrogens (tertiary/aromatic N) is 2. The molecule has 6 nitrogen and oxygen atoms in total. The van der Waals surface area contributed by atoms with Gasteiger partial charge in [0, 0.05) is 24.4 Å². The summed E-state index contributed by atoms with van der Waals surface area (Å²) in [4.78, 5) is 30.6. The molecule has 1 aromatic heterocycles. The Bertz CT molecular complexity index is 801. The first-order valence-corrected chi connectivity index (χ1v) is 9.34. The van der Waals surface area contributed by atoms with Crippen LogP contribution in [0.5, 0.6) is 5.88 Å². The summed E-state index contributed by atoms with van der Waals surface area (Å²) in [6, 6.07) is 9.00. The van der Waals surface area contributed by atoms with E-state index < -0.39 is 0 Å². The van der Waals surface area contributed by atoms with Crippen LogP contribution in [0.4, 0.5) is 4.39 Å². The molecule has 0 bridgehead atoms. The normalized spacial score (nSPS) is 15.2. The molecule has 28 heavy (non-hydrogen) atoms. The molecule has 3 rings (SSSR count). The number of carbonyl (C=O) groups is 2. The van der Waals surface area contributed by atoms with Gasteiger partial charge in [-0.3, -0.25) is 14.5 Å². The van der Waals surface area contributed by atoms with Crippen molar-refractivity contribution in [3.05, 3.63) is 59.5 Å². The number of pyridine rings is 1. The van der Waals surface area contributed by atoms with Crippen LogP contribution in [-0.4, -0.2) is 54.9 Å². The molecule has 0 saturated carbocycles. The van der Waals surface area contributed by atoms with E-state index in [1.807, 2.05) is 0 Å². The van der Waals surface area contributed by atoms with Crippen molar-refractivity contribution < 1.29 is 18.7 Å². The van der Waals surface area contributed by atoms with Crippen molar-refractivity contribution in [3.8, 4) is 5.88 Å². The number of nitrogens with one attached hydrogen (secondary N) is 1. The lowest BCUT2D eigenvalue weighted by Gasteiger charge is -2.31. The number of likely N-dealkylation sites (tertiary alicyclic amines) is 1. The molecule has 148 valence electrons. The first kappa shape index (κ1) is 19.9. The van der Waals surface area contributed by atoms with Crippen LogP contribution in [0.2, 0.25) is 0 Å². The Morgan fingerprint density at radius 1 is 1.14 bits per heavy atom. The second-order valence-electron chi connectivity index (χ2n) is 6.95. The number of benzene rings is 1. The summed E-state index contributed by atoms with van der Waals surface area (Å²) in [7, 11) is 1.53. The predicted octanol–water partition coefficient (Wildman–Crippen LogP) is 2.55. The van der Waals surface area contributed by atoms with Gasteiger partial charge in [-0.05, 0) is 62.2 Å². The minimum atomic E-state index is -0.343. The minimum absolute atomic E-state index is 0.00115. The van der Waals surface area contributed by atoms with E-state index in [-0.39, 0.29) is 17.5 Å². The van der Waals surface area contributed by atoms with Crippen LogP contribution in [0.3, 0.4) is 0 Å². The molecule has 1 aliphatic rings. The van der Waals surface area contributed by atoms with Gasteiger partial charge in [0.05, 0.1) is 19.2 Å². The van der Waals surface area contributed by atoms with Crippen LogP contribution in [-0.2, 0) is 0 Å². The zero-order chi connectivity index (χ0) is 19.9. The van der Waals surface area contributed by atoms with Crippen LogP contribution < -0.4 is 10.1 Å². The third kappa shape index (κ3) is 5.36. The fourth-order valence-electron chi connectivity index (χ4n) is 3.25. The Hall–Kier alpha value is -2.80. The lowest BCUT2D eigenvalue weighted by molar-refractivity contribution is 0.0887. The Morgan fingerprint density at radius 2 is 1.82 bits per heavy atom. The van der Waals surface area contributed by atoms with Gasteiger partial charge < -0.3 is 10.1 Å². The number of Topliss-reactive ketones (excluding diaryl/α,β-unsaturated/α-hetero) is 1. The standard InChI is InChI=1S/C21H24FN3O3/c1-28-20-7-4-17(13-23-20)21(27)24-12-15-8-10-25(11-9-15)14-19(26)16-2-5-18(22)6-3-16/h2-7,13,15H,8-12,14H2,1H3,(H,24,27). The Morgan fingerprint density at radius 3 is 2.43 bits per heavy atom. The Balaban J connectivity index is 1.40. The van der Waals surface area contributed by atoms with Gasteiger partial charge in [0.1, 0.15) is 5.82 Å². The SMILES string of the molecule is COc1ccc(C(=O)NCC2CCN(CC(=O)c3ccc(F)cc3)CC2)cn1. The molecule has 0 atom stereocenters. The number of aromatic nitrogens is 1. The second-order valence-corrected chi connectivity index (χ2v) is 6.95. The summed E-state index contributed by atoms with van der Waals surface area (Å²) < 4.78 is 17.9. The van der Waals surface area contributed by atoms with E-state index in [9.17, 15) is 14.0 Å². The average Bonchev–Trinajstić information content (AvgIpc) is 2.73. The summed E-state index contributed by atoms with van der Waals surface area (Å²) in [6.07, 6.45) is 3.33. The number of hydrogen-bond donors (Lipinski definition) is 1. The molecule has 1 aromatic carbocycles. The number of ether oxygens (including phenoxy) is 1. The van der Waals surface area contributed by atoms with E-state index in [2.05, 4.69) is 15.2 Å². The molecule has 2 heterocycles. The van der Waals surface area contributed by atoms with E-state index >= 15 is 0 Å². The number of piperidine rings is 1. The minimum Gasteiger partial charge on any atom is -0.481 e. The fourth-order valence-corrected chi connectivity index (χ4v) is 3.25. The molecule has 1 aliphatic heterocycles. The van der Waals surface area contributed by atoms with Crippen molar-refractivity contribution in [2.45, 2.75) is 12.8 Å². The summed E-state index contributed by atoms with van der Waals surface area (Å²) in [5, 5.41) is 2.95. The Kier molecular flexibility index (Phi) is 6.71. The van der Waals surface area contributed by atoms with Crippen LogP contribution in [0.1, 0.15) is 33.6 Å². The Labute approximate surface area is 163 Å². The van der Waals surface area contributed by atoms with Crippen LogP contribution in [0, 0.1) is 11.7 Å². The quantitative estimate of drug-likeness (QED) is 0.742. The number of ketones is 1. The van der Waals surface area contributed by atoms with Crippen molar-refractivity contribution in [2.75, 3.05) is 33.3 Å². The maximum absolute atomic E-state index is 13.0. The lowest BCUT2D eigenvalue weighted by atomic mass is 9.96. The first-order chi connectivity index (χ1) is 13.5. The molecule has 1 N–H and O–H groups in total. The third-order valence-corrected chi connectivity index (χ3v) is 5.00. The number of rotatable bonds is 7. The van der Waals surface area contributed by atoms with Crippen molar-refractivity contribution in [2.24, 2.45) is 5.92 Å². The summed E-state index contributed by atoms with van der Waals surface area (Å²) >= 11 is 0. The van der Waals surface area contributed by atoms with Gasteiger partial charge in [-0.25, -0.2) is 9.37 Å². The van der Waals surface area contributed by atoms with Gasteiger partial charge in [0.15, 0.2) is 5.78 Å². The maximum atomic E-state index is 13.0. The molecule has 1 saturated heterocycles. The van der Waals surface area contributed by atoms with E-state index in [0.717, 1.165) is 25.9 Å². The van der Waals surface area contributed by atoms with Gasteiger partial charge >= 0.3 is 0 Å². The van der Waals surface area contributed by atoms with Crippen molar-refractivity contribution in [1.29, 1.82) is 0 Å². The van der Waals surface area contributed by atoms with E-state index in [4.69, 9.17) is 4.74 Å². The number of amides is 1.